The van der Waals surface area contributed by atoms with Crippen molar-refractivity contribution in [1.29, 1.82) is 5.26 Å². The van der Waals surface area contributed by atoms with Crippen molar-refractivity contribution in [2.24, 2.45) is 0 Å². The summed E-state index contributed by atoms with van der Waals surface area (Å²) in [4.78, 5) is 2.05. The van der Waals surface area contributed by atoms with E-state index in [2.05, 4.69) is 6.07 Å². The minimum absolute atomic E-state index is 0.530. The van der Waals surface area contributed by atoms with Gasteiger partial charge in [0.15, 0.2) is 0 Å². The highest BCUT2D eigenvalue weighted by molar-refractivity contribution is 6.31. The molecule has 74 valence electrons. The van der Waals surface area contributed by atoms with E-state index in [0.717, 1.165) is 22.8 Å². The van der Waals surface area contributed by atoms with Crippen LogP contribution in [-0.2, 0) is 0 Å². The zero-order chi connectivity index (χ0) is 10.6. The van der Waals surface area contributed by atoms with E-state index in [1.165, 1.54) is 0 Å². The zero-order valence-corrected chi connectivity index (χ0v) is 9.17. The van der Waals surface area contributed by atoms with Crippen LogP contribution >= 0.6 is 11.6 Å². The molecule has 0 aliphatic carbocycles. The Kier molecular flexibility index (Phi) is 3.79. The Morgan fingerprint density at radius 2 is 2.21 bits per heavy atom. The second-order valence-electron chi connectivity index (χ2n) is 3.21. The monoisotopic (exact) mass is 208 g/mol. The predicted molar refractivity (Wildman–Crippen MR) is 59.7 cm³/mol. The Morgan fingerprint density at radius 1 is 1.50 bits per heavy atom. The molecule has 0 aromatic heterocycles. The summed E-state index contributed by atoms with van der Waals surface area (Å²) in [5, 5.41) is 9.25. The van der Waals surface area contributed by atoms with Gasteiger partial charge in [-0.05, 0) is 24.6 Å². The van der Waals surface area contributed by atoms with Gasteiger partial charge >= 0.3 is 0 Å². The van der Waals surface area contributed by atoms with E-state index in [9.17, 15) is 0 Å². The van der Waals surface area contributed by atoms with Crippen LogP contribution in [0.5, 0.6) is 0 Å². The predicted octanol–water partition coefficient (Wildman–Crippen LogP) is 3.00. The topological polar surface area (TPSA) is 27.0 Å². The van der Waals surface area contributed by atoms with Crippen LogP contribution in [0.15, 0.2) is 18.2 Å². The molecule has 0 aliphatic rings. The lowest BCUT2D eigenvalue weighted by atomic mass is 10.2. The molecule has 3 heteroatoms. The molecule has 0 bridgehead atoms. The summed E-state index contributed by atoms with van der Waals surface area (Å²) < 4.78 is 0. The summed E-state index contributed by atoms with van der Waals surface area (Å²) in [6.07, 6.45) is 0.530. The quantitative estimate of drug-likeness (QED) is 0.764. The second-order valence-corrected chi connectivity index (χ2v) is 3.62. The van der Waals surface area contributed by atoms with Crippen molar-refractivity contribution in [3.63, 3.8) is 0 Å². The van der Waals surface area contributed by atoms with Gasteiger partial charge in [0.1, 0.15) is 0 Å². The maximum Gasteiger partial charge on any atom is 0.0640 e. The van der Waals surface area contributed by atoms with Crippen LogP contribution < -0.4 is 4.90 Å². The summed E-state index contributed by atoms with van der Waals surface area (Å²) in [6.45, 7) is 2.72. The van der Waals surface area contributed by atoms with E-state index in [-0.39, 0.29) is 0 Å². The lowest BCUT2D eigenvalue weighted by Crippen LogP contribution is -2.18. The number of halogens is 1. The SMILES string of the molecule is Cc1c(Cl)cccc1N(C)CCC#N. The fourth-order valence-corrected chi connectivity index (χ4v) is 1.52. The van der Waals surface area contributed by atoms with Crippen LogP contribution in [-0.4, -0.2) is 13.6 Å². The van der Waals surface area contributed by atoms with Crippen molar-refractivity contribution in [3.8, 4) is 6.07 Å². The lowest BCUT2D eigenvalue weighted by molar-refractivity contribution is 0.901. The van der Waals surface area contributed by atoms with Gasteiger partial charge in [-0.15, -0.1) is 0 Å². The fourth-order valence-electron chi connectivity index (χ4n) is 1.35. The van der Waals surface area contributed by atoms with Crippen LogP contribution in [0.3, 0.4) is 0 Å². The third-order valence-electron chi connectivity index (χ3n) is 2.21. The highest BCUT2D eigenvalue weighted by atomic mass is 35.5. The molecule has 1 aromatic rings. The first-order valence-electron chi connectivity index (χ1n) is 4.50. The number of hydrogen-bond donors (Lipinski definition) is 0. The highest BCUT2D eigenvalue weighted by Gasteiger charge is 2.05. The fraction of sp³-hybridized carbons (Fsp3) is 0.364. The maximum absolute atomic E-state index is 8.48. The molecule has 0 atom stereocenters. The minimum atomic E-state index is 0.530. The zero-order valence-electron chi connectivity index (χ0n) is 8.42. The van der Waals surface area contributed by atoms with Gasteiger partial charge in [-0.25, -0.2) is 0 Å². The van der Waals surface area contributed by atoms with Crippen molar-refractivity contribution in [2.45, 2.75) is 13.3 Å². The molecular weight excluding hydrogens is 196 g/mol. The molecule has 1 rings (SSSR count). The van der Waals surface area contributed by atoms with Gasteiger partial charge in [0.05, 0.1) is 12.5 Å². The third kappa shape index (κ3) is 2.40. The van der Waals surface area contributed by atoms with E-state index in [1.807, 2.05) is 37.1 Å². The van der Waals surface area contributed by atoms with Gasteiger partial charge in [0.2, 0.25) is 0 Å². The third-order valence-corrected chi connectivity index (χ3v) is 2.62. The van der Waals surface area contributed by atoms with Gasteiger partial charge in [-0.3, -0.25) is 0 Å². The Bertz CT molecular complexity index is 355. The number of rotatable bonds is 3. The average molecular weight is 209 g/mol. The molecule has 0 aliphatic heterocycles. The van der Waals surface area contributed by atoms with Crippen LogP contribution in [0.25, 0.3) is 0 Å². The smallest absolute Gasteiger partial charge is 0.0640 e. The van der Waals surface area contributed by atoms with E-state index in [0.29, 0.717) is 6.42 Å². The molecule has 0 radical (unpaired) electrons. The van der Waals surface area contributed by atoms with Crippen LogP contribution in [0.4, 0.5) is 5.69 Å². The summed E-state index contributed by atoms with van der Waals surface area (Å²) in [7, 11) is 1.97. The summed E-state index contributed by atoms with van der Waals surface area (Å²) in [5.74, 6) is 0. The normalized spacial score (nSPS) is 9.57. The summed E-state index contributed by atoms with van der Waals surface area (Å²) in [6, 6.07) is 7.94. The second kappa shape index (κ2) is 4.88. The maximum atomic E-state index is 8.48. The number of hydrogen-bond acceptors (Lipinski definition) is 2. The van der Waals surface area contributed by atoms with Gasteiger partial charge in [-0.2, -0.15) is 5.26 Å². The number of nitrogens with zero attached hydrogens (tertiary/aromatic N) is 2. The van der Waals surface area contributed by atoms with Crippen LogP contribution in [0.1, 0.15) is 12.0 Å². The Balaban J connectivity index is 2.85. The van der Waals surface area contributed by atoms with Crippen molar-refractivity contribution in [2.75, 3.05) is 18.5 Å². The van der Waals surface area contributed by atoms with Crippen LogP contribution in [0.2, 0.25) is 5.02 Å². The molecule has 0 saturated heterocycles. The van der Waals surface area contributed by atoms with Gasteiger partial charge in [0, 0.05) is 24.3 Å². The summed E-state index contributed by atoms with van der Waals surface area (Å²) >= 11 is 6.00. The van der Waals surface area contributed by atoms with E-state index >= 15 is 0 Å². The Labute approximate surface area is 89.7 Å². The van der Waals surface area contributed by atoms with Gasteiger partial charge in [0.25, 0.3) is 0 Å². The van der Waals surface area contributed by atoms with Crippen molar-refractivity contribution < 1.29 is 0 Å². The van der Waals surface area contributed by atoms with Crippen molar-refractivity contribution in [3.05, 3.63) is 28.8 Å². The number of anilines is 1. The minimum Gasteiger partial charge on any atom is -0.373 e. The first kappa shape index (κ1) is 10.9. The van der Waals surface area contributed by atoms with E-state index in [1.54, 1.807) is 0 Å². The Hall–Kier alpha value is -1.20. The molecule has 1 aromatic carbocycles. The van der Waals surface area contributed by atoms with Gasteiger partial charge in [-0.1, -0.05) is 17.7 Å². The van der Waals surface area contributed by atoms with Crippen molar-refractivity contribution >= 4 is 17.3 Å². The van der Waals surface area contributed by atoms with E-state index in [4.69, 9.17) is 16.9 Å². The van der Waals surface area contributed by atoms with Gasteiger partial charge < -0.3 is 4.90 Å². The lowest BCUT2D eigenvalue weighted by Gasteiger charge is -2.20. The first-order valence-corrected chi connectivity index (χ1v) is 4.88. The largest absolute Gasteiger partial charge is 0.373 e. The molecule has 0 amide bonds. The highest BCUT2D eigenvalue weighted by Crippen LogP contribution is 2.25. The molecular formula is C11H13ClN2. The first-order chi connectivity index (χ1) is 6.66. The van der Waals surface area contributed by atoms with Crippen LogP contribution in [0, 0.1) is 18.3 Å². The number of benzene rings is 1. The molecule has 2 nitrogen and oxygen atoms in total. The van der Waals surface area contributed by atoms with E-state index < -0.39 is 0 Å². The molecule has 0 fully saturated rings. The molecule has 0 heterocycles. The average Bonchev–Trinajstić information content (AvgIpc) is 2.18. The standard InChI is InChI=1S/C11H13ClN2/c1-9-10(12)5-3-6-11(9)14(2)8-4-7-13/h3,5-6H,4,8H2,1-2H3. The molecule has 14 heavy (non-hydrogen) atoms. The van der Waals surface area contributed by atoms with Crippen molar-refractivity contribution in [1.82, 2.24) is 0 Å². The molecule has 0 unspecified atom stereocenters. The molecule has 0 spiro atoms. The number of nitriles is 1. The summed E-state index contributed by atoms with van der Waals surface area (Å²) in [5.41, 5.74) is 2.15. The molecule has 0 saturated carbocycles. The Morgan fingerprint density at radius 3 is 2.86 bits per heavy atom. The molecule has 0 N–H and O–H groups in total.